The predicted molar refractivity (Wildman–Crippen MR) is 89.6 cm³/mol. The van der Waals surface area contributed by atoms with Gasteiger partial charge in [-0.05, 0) is 51.0 Å². The first-order valence-corrected chi connectivity index (χ1v) is 9.74. The van der Waals surface area contributed by atoms with Gasteiger partial charge in [-0.1, -0.05) is 26.7 Å². The molecule has 0 aromatic rings. The Morgan fingerprint density at radius 3 is 2.55 bits per heavy atom. The van der Waals surface area contributed by atoms with Crippen molar-refractivity contribution in [2.24, 2.45) is 5.92 Å². The average Bonchev–Trinajstić information content (AvgIpc) is 2.48. The lowest BCUT2D eigenvalue weighted by atomic mass is 9.83. The van der Waals surface area contributed by atoms with Gasteiger partial charge in [-0.2, -0.15) is 11.8 Å². The normalized spacial score (nSPS) is 32.4. The minimum Gasteiger partial charge on any atom is -0.381 e. The molecule has 0 amide bonds. The van der Waals surface area contributed by atoms with E-state index in [9.17, 15) is 0 Å². The highest BCUT2D eigenvalue weighted by Crippen LogP contribution is 2.38. The molecule has 2 nitrogen and oxygen atoms in total. The molecule has 2 aliphatic rings. The van der Waals surface area contributed by atoms with E-state index in [0.29, 0.717) is 0 Å². The van der Waals surface area contributed by atoms with E-state index in [2.05, 4.69) is 30.9 Å². The Balaban J connectivity index is 1.86. The molecule has 0 bridgehead atoms. The zero-order valence-electron chi connectivity index (χ0n) is 13.4. The molecule has 2 rings (SSSR count). The zero-order valence-corrected chi connectivity index (χ0v) is 14.2. The number of nitrogens with one attached hydrogen (secondary N) is 1. The second-order valence-corrected chi connectivity index (χ2v) is 8.06. The first-order valence-electron chi connectivity index (χ1n) is 8.80. The maximum Gasteiger partial charge on any atom is 0.0476 e. The Labute approximate surface area is 129 Å². The lowest BCUT2D eigenvalue weighted by molar-refractivity contribution is 0.0997. The molecule has 1 aliphatic heterocycles. The lowest BCUT2D eigenvalue weighted by Gasteiger charge is -2.39. The first-order chi connectivity index (χ1) is 9.83. The van der Waals surface area contributed by atoms with E-state index in [-0.39, 0.29) is 0 Å². The van der Waals surface area contributed by atoms with Crippen LogP contribution in [-0.4, -0.2) is 36.3 Å². The van der Waals surface area contributed by atoms with Crippen LogP contribution in [-0.2, 0) is 4.74 Å². The molecule has 0 aromatic heterocycles. The summed E-state index contributed by atoms with van der Waals surface area (Å²) in [7, 11) is 0. The molecular formula is C17H33NOS. The first kappa shape index (κ1) is 16.6. The van der Waals surface area contributed by atoms with Crippen LogP contribution in [0.1, 0.15) is 65.2 Å². The molecule has 1 saturated carbocycles. The predicted octanol–water partition coefficient (Wildman–Crippen LogP) is 4.24. The van der Waals surface area contributed by atoms with Crippen molar-refractivity contribution in [3.8, 4) is 0 Å². The van der Waals surface area contributed by atoms with Crippen LogP contribution < -0.4 is 5.32 Å². The third-order valence-electron chi connectivity index (χ3n) is 4.79. The summed E-state index contributed by atoms with van der Waals surface area (Å²) in [4.78, 5) is 0. The van der Waals surface area contributed by atoms with E-state index >= 15 is 0 Å². The van der Waals surface area contributed by atoms with Gasteiger partial charge in [0.15, 0.2) is 0 Å². The van der Waals surface area contributed by atoms with Crippen molar-refractivity contribution in [1.29, 1.82) is 0 Å². The summed E-state index contributed by atoms with van der Waals surface area (Å²) in [6, 6.07) is 0.760. The number of hydrogen-bond donors (Lipinski definition) is 1. The zero-order chi connectivity index (χ0) is 14.2. The molecule has 2 fully saturated rings. The molecule has 0 aromatic carbocycles. The van der Waals surface area contributed by atoms with Gasteiger partial charge in [-0.3, -0.25) is 0 Å². The minimum atomic E-state index is 0.760. The standard InChI is InChI=1S/C17H33NOS/c1-3-5-14-6-7-16(18-10-4-2)17(13-14)20-15-8-11-19-12-9-15/h14-18H,3-13H2,1-2H3. The Kier molecular flexibility index (Phi) is 7.75. The fourth-order valence-corrected chi connectivity index (χ4v) is 5.42. The fraction of sp³-hybridized carbons (Fsp3) is 1.00. The summed E-state index contributed by atoms with van der Waals surface area (Å²) in [5.41, 5.74) is 0. The van der Waals surface area contributed by atoms with Gasteiger partial charge in [0.25, 0.3) is 0 Å². The van der Waals surface area contributed by atoms with Crippen molar-refractivity contribution in [3.05, 3.63) is 0 Å². The Morgan fingerprint density at radius 1 is 1.05 bits per heavy atom. The van der Waals surface area contributed by atoms with Gasteiger partial charge in [0.2, 0.25) is 0 Å². The van der Waals surface area contributed by atoms with Gasteiger partial charge in [0, 0.05) is 29.8 Å². The van der Waals surface area contributed by atoms with Crippen molar-refractivity contribution in [3.63, 3.8) is 0 Å². The molecule has 3 atom stereocenters. The number of rotatable bonds is 7. The monoisotopic (exact) mass is 299 g/mol. The van der Waals surface area contributed by atoms with Gasteiger partial charge in [-0.25, -0.2) is 0 Å². The van der Waals surface area contributed by atoms with E-state index in [0.717, 1.165) is 35.7 Å². The average molecular weight is 300 g/mol. The van der Waals surface area contributed by atoms with Crippen molar-refractivity contribution in [2.75, 3.05) is 19.8 Å². The summed E-state index contributed by atoms with van der Waals surface area (Å²) in [5, 5.41) is 5.51. The third-order valence-corrected chi connectivity index (χ3v) is 6.52. The van der Waals surface area contributed by atoms with Crippen molar-refractivity contribution >= 4 is 11.8 Å². The SMILES string of the molecule is CCCNC1CCC(CCC)CC1SC1CCOCC1. The van der Waals surface area contributed by atoms with Crippen molar-refractivity contribution in [1.82, 2.24) is 5.32 Å². The summed E-state index contributed by atoms with van der Waals surface area (Å²) < 4.78 is 5.51. The Bertz CT molecular complexity index is 255. The van der Waals surface area contributed by atoms with E-state index in [4.69, 9.17) is 4.74 Å². The van der Waals surface area contributed by atoms with E-state index in [1.165, 1.54) is 57.9 Å². The van der Waals surface area contributed by atoms with Crippen LogP contribution in [0.2, 0.25) is 0 Å². The molecule has 1 aliphatic carbocycles. The molecule has 1 saturated heterocycles. The van der Waals surface area contributed by atoms with Gasteiger partial charge in [0.05, 0.1) is 0 Å². The van der Waals surface area contributed by atoms with E-state index in [1.54, 1.807) is 0 Å². The minimum absolute atomic E-state index is 0.760. The molecule has 3 unspecified atom stereocenters. The van der Waals surface area contributed by atoms with Gasteiger partial charge < -0.3 is 10.1 Å². The fourth-order valence-electron chi connectivity index (χ4n) is 3.66. The highest BCUT2D eigenvalue weighted by atomic mass is 32.2. The van der Waals surface area contributed by atoms with Gasteiger partial charge in [0.1, 0.15) is 0 Å². The summed E-state index contributed by atoms with van der Waals surface area (Å²) in [6.07, 6.45) is 10.9. The van der Waals surface area contributed by atoms with Crippen molar-refractivity contribution in [2.45, 2.75) is 81.8 Å². The molecular weight excluding hydrogens is 266 g/mol. The van der Waals surface area contributed by atoms with Crippen LogP contribution in [0.5, 0.6) is 0 Å². The summed E-state index contributed by atoms with van der Waals surface area (Å²) in [5.74, 6) is 0.983. The van der Waals surface area contributed by atoms with Crippen LogP contribution in [0.4, 0.5) is 0 Å². The number of hydrogen-bond acceptors (Lipinski definition) is 3. The molecule has 0 radical (unpaired) electrons. The van der Waals surface area contributed by atoms with Gasteiger partial charge in [-0.15, -0.1) is 0 Å². The van der Waals surface area contributed by atoms with Crippen LogP contribution in [0.15, 0.2) is 0 Å². The molecule has 0 spiro atoms. The summed E-state index contributed by atoms with van der Waals surface area (Å²) in [6.45, 7) is 7.76. The molecule has 1 heterocycles. The maximum atomic E-state index is 5.51. The lowest BCUT2D eigenvalue weighted by Crippen LogP contribution is -2.44. The molecule has 3 heteroatoms. The van der Waals surface area contributed by atoms with Crippen LogP contribution in [0.25, 0.3) is 0 Å². The van der Waals surface area contributed by atoms with Gasteiger partial charge >= 0.3 is 0 Å². The quantitative estimate of drug-likeness (QED) is 0.760. The van der Waals surface area contributed by atoms with E-state index in [1.807, 2.05) is 0 Å². The topological polar surface area (TPSA) is 21.3 Å². The molecule has 118 valence electrons. The van der Waals surface area contributed by atoms with Crippen LogP contribution in [0.3, 0.4) is 0 Å². The van der Waals surface area contributed by atoms with Crippen molar-refractivity contribution < 1.29 is 4.74 Å². The smallest absolute Gasteiger partial charge is 0.0476 e. The van der Waals surface area contributed by atoms with E-state index < -0.39 is 0 Å². The Morgan fingerprint density at radius 2 is 1.85 bits per heavy atom. The third kappa shape index (κ3) is 5.23. The second-order valence-electron chi connectivity index (χ2n) is 6.51. The maximum absolute atomic E-state index is 5.51. The van der Waals surface area contributed by atoms with Crippen LogP contribution >= 0.6 is 11.8 Å². The second kappa shape index (κ2) is 9.32. The largest absolute Gasteiger partial charge is 0.381 e. The molecule has 20 heavy (non-hydrogen) atoms. The molecule has 1 N–H and O–H groups in total. The highest BCUT2D eigenvalue weighted by Gasteiger charge is 2.32. The number of ether oxygens (including phenoxy) is 1. The Hall–Kier alpha value is 0.270. The summed E-state index contributed by atoms with van der Waals surface area (Å²) >= 11 is 2.29. The van der Waals surface area contributed by atoms with Crippen LogP contribution in [0, 0.1) is 5.92 Å². The number of thioether (sulfide) groups is 1. The highest BCUT2D eigenvalue weighted by molar-refractivity contribution is 8.00.